The minimum Gasteiger partial charge on any atom is -0.462 e. The molecule has 4 rings (SSSR count). The number of benzene rings is 2. The summed E-state index contributed by atoms with van der Waals surface area (Å²) in [5.41, 5.74) is 2.55. The third kappa shape index (κ3) is 4.88. The van der Waals surface area contributed by atoms with Crippen LogP contribution in [0.25, 0.3) is 0 Å². The van der Waals surface area contributed by atoms with Crippen LogP contribution in [-0.2, 0) is 9.53 Å². The summed E-state index contributed by atoms with van der Waals surface area (Å²) in [5.74, 6) is 0.274. The highest BCUT2D eigenvalue weighted by Crippen LogP contribution is 2.25. The van der Waals surface area contributed by atoms with Crippen molar-refractivity contribution in [1.29, 1.82) is 5.26 Å². The predicted molar refractivity (Wildman–Crippen MR) is 122 cm³/mol. The average molecular weight is 459 g/mol. The third-order valence-corrected chi connectivity index (χ3v) is 4.82. The number of esters is 1. The molecule has 0 bridgehead atoms. The first kappa shape index (κ1) is 22.5. The van der Waals surface area contributed by atoms with Crippen molar-refractivity contribution < 1.29 is 23.8 Å². The Labute approximate surface area is 195 Å². The molecule has 2 aromatic carbocycles. The number of aliphatic imine (C=N–C) groups is 2. The fraction of sp³-hybridized carbons (Fsp3) is 0.208. The Morgan fingerprint density at radius 3 is 2.74 bits per heavy atom. The predicted octanol–water partition coefficient (Wildman–Crippen LogP) is 2.47. The van der Waals surface area contributed by atoms with Crippen LogP contribution >= 0.6 is 0 Å². The van der Waals surface area contributed by atoms with E-state index in [1.165, 1.54) is 6.07 Å². The largest absolute Gasteiger partial charge is 0.462 e. The monoisotopic (exact) mass is 459 g/mol. The van der Waals surface area contributed by atoms with Crippen molar-refractivity contribution in [2.24, 2.45) is 9.98 Å². The van der Waals surface area contributed by atoms with Gasteiger partial charge in [0, 0.05) is 0 Å². The van der Waals surface area contributed by atoms with Gasteiger partial charge in [0.15, 0.2) is 5.84 Å². The van der Waals surface area contributed by atoms with Crippen LogP contribution in [0.1, 0.15) is 34.0 Å². The highest BCUT2D eigenvalue weighted by molar-refractivity contribution is 6.13. The van der Waals surface area contributed by atoms with Crippen molar-refractivity contribution in [3.63, 3.8) is 0 Å². The van der Waals surface area contributed by atoms with Crippen molar-refractivity contribution in [2.75, 3.05) is 13.2 Å². The molecule has 2 heterocycles. The summed E-state index contributed by atoms with van der Waals surface area (Å²) < 4.78 is 17.0. The molecule has 0 aliphatic carbocycles. The number of ether oxygens (including phenoxy) is 3. The first-order chi connectivity index (χ1) is 16.4. The molecule has 0 atom stereocenters. The number of nitriles is 1. The maximum atomic E-state index is 12.2. The second-order valence-corrected chi connectivity index (χ2v) is 7.49. The highest BCUT2D eigenvalue weighted by Gasteiger charge is 2.29. The van der Waals surface area contributed by atoms with E-state index in [1.807, 2.05) is 13.8 Å². The van der Waals surface area contributed by atoms with Gasteiger partial charge in [-0.3, -0.25) is 15.1 Å². The summed E-state index contributed by atoms with van der Waals surface area (Å²) in [6.45, 7) is 5.54. The maximum Gasteiger partial charge on any atom is 0.338 e. The zero-order chi connectivity index (χ0) is 24.2. The van der Waals surface area contributed by atoms with Gasteiger partial charge in [0.05, 0.1) is 23.8 Å². The van der Waals surface area contributed by atoms with Crippen molar-refractivity contribution in [3.05, 3.63) is 70.2 Å². The minimum atomic E-state index is -0.479. The molecular formula is C24H21N5O5. The van der Waals surface area contributed by atoms with Gasteiger partial charge in [-0.25, -0.2) is 4.79 Å². The second-order valence-electron chi connectivity index (χ2n) is 7.49. The Kier molecular flexibility index (Phi) is 6.27. The number of amides is 1. The number of rotatable bonds is 5. The first-order valence-corrected chi connectivity index (χ1v) is 10.5. The summed E-state index contributed by atoms with van der Waals surface area (Å²) in [7, 11) is 0. The molecule has 2 aliphatic heterocycles. The third-order valence-electron chi connectivity index (χ3n) is 4.82. The second kappa shape index (κ2) is 9.46. The van der Waals surface area contributed by atoms with Crippen LogP contribution in [0.15, 0.2) is 58.0 Å². The van der Waals surface area contributed by atoms with Crippen LogP contribution < -0.4 is 20.1 Å². The fourth-order valence-corrected chi connectivity index (χ4v) is 3.26. The molecule has 0 radical (unpaired) electrons. The number of nitrogens with one attached hydrogen (secondary N) is 2. The number of fused-ring (bicyclic) bond motifs is 1. The van der Waals surface area contributed by atoms with E-state index < -0.39 is 5.97 Å². The van der Waals surface area contributed by atoms with E-state index in [1.54, 1.807) is 37.3 Å². The Balaban J connectivity index is 1.70. The van der Waals surface area contributed by atoms with E-state index in [9.17, 15) is 14.9 Å². The Hall–Kier alpha value is -4.65. The van der Waals surface area contributed by atoms with Crippen molar-refractivity contribution in [1.82, 2.24) is 10.6 Å². The molecule has 10 heteroatoms. The summed E-state index contributed by atoms with van der Waals surface area (Å²) >= 11 is 0. The number of hydrogen-bond acceptors (Lipinski definition) is 9. The topological polar surface area (TPSA) is 134 Å². The molecule has 34 heavy (non-hydrogen) atoms. The maximum absolute atomic E-state index is 12.2. The number of amidine groups is 2. The van der Waals surface area contributed by atoms with Gasteiger partial charge in [0.1, 0.15) is 23.7 Å². The van der Waals surface area contributed by atoms with Crippen LogP contribution in [-0.4, -0.2) is 36.9 Å². The number of hydrogen-bond donors (Lipinski definition) is 2. The molecule has 0 saturated carbocycles. The van der Waals surface area contributed by atoms with E-state index in [-0.39, 0.29) is 36.7 Å². The number of aryl methyl sites for hydroxylation is 2. The van der Waals surface area contributed by atoms with Gasteiger partial charge >= 0.3 is 12.0 Å². The van der Waals surface area contributed by atoms with Gasteiger partial charge in [-0.1, -0.05) is 6.07 Å². The van der Waals surface area contributed by atoms with Gasteiger partial charge in [-0.15, -0.1) is 0 Å². The highest BCUT2D eigenvalue weighted by atomic mass is 16.5. The molecule has 0 saturated heterocycles. The average Bonchev–Trinajstić information content (AvgIpc) is 2.81. The lowest BCUT2D eigenvalue weighted by Gasteiger charge is -2.25. The van der Waals surface area contributed by atoms with Crippen LogP contribution in [0.4, 0.5) is 0 Å². The number of carbonyl (C=O) groups excluding carboxylic acids is 2. The Morgan fingerprint density at radius 2 is 1.97 bits per heavy atom. The van der Waals surface area contributed by atoms with Gasteiger partial charge < -0.3 is 19.5 Å². The molecule has 2 N–H and O–H groups in total. The van der Waals surface area contributed by atoms with Crippen molar-refractivity contribution in [3.8, 4) is 17.6 Å². The molecule has 2 aliphatic rings. The first-order valence-electron chi connectivity index (χ1n) is 10.5. The van der Waals surface area contributed by atoms with E-state index in [4.69, 9.17) is 14.2 Å². The van der Waals surface area contributed by atoms with E-state index in [2.05, 4.69) is 26.7 Å². The summed E-state index contributed by atoms with van der Waals surface area (Å²) in [5, 5.41) is 14.8. The zero-order valence-electron chi connectivity index (χ0n) is 18.8. The lowest BCUT2D eigenvalue weighted by atomic mass is 10.1. The lowest BCUT2D eigenvalue weighted by Crippen LogP contribution is -2.48. The Morgan fingerprint density at radius 1 is 1.15 bits per heavy atom. The molecule has 0 unspecified atom stereocenters. The van der Waals surface area contributed by atoms with Crippen LogP contribution in [0.2, 0.25) is 0 Å². The molecular weight excluding hydrogens is 438 g/mol. The molecule has 1 amide bonds. The molecule has 2 aromatic rings. The van der Waals surface area contributed by atoms with Crippen molar-refractivity contribution >= 4 is 23.7 Å². The smallest absolute Gasteiger partial charge is 0.338 e. The number of carbonyl (C=O) groups is 2. The van der Waals surface area contributed by atoms with Crippen LogP contribution in [0.5, 0.6) is 11.5 Å². The normalized spacial score (nSPS) is 14.6. The minimum absolute atomic E-state index is 0.0232. The van der Waals surface area contributed by atoms with E-state index in [0.717, 1.165) is 11.1 Å². The lowest BCUT2D eigenvalue weighted by molar-refractivity contribution is -0.119. The van der Waals surface area contributed by atoms with Crippen LogP contribution in [0, 0.1) is 25.2 Å². The van der Waals surface area contributed by atoms with Crippen molar-refractivity contribution in [2.45, 2.75) is 20.8 Å². The fourth-order valence-electron chi connectivity index (χ4n) is 3.26. The van der Waals surface area contributed by atoms with Gasteiger partial charge in [-0.05, 0) is 62.2 Å². The molecule has 0 fully saturated rings. The quantitative estimate of drug-likeness (QED) is 0.656. The van der Waals surface area contributed by atoms with E-state index >= 15 is 0 Å². The van der Waals surface area contributed by atoms with Gasteiger partial charge in [0.2, 0.25) is 5.91 Å². The van der Waals surface area contributed by atoms with Gasteiger partial charge in [-0.2, -0.15) is 10.3 Å². The standard InChI is InChI=1S/C24H21N5O5/c1-4-32-23(31)16-7-13(2)8-17(10-16)33-22-20-21(26-12-19(30)27-20)28-24(29-22)34-18-9-15(11-25)6-5-14(18)3/h5-10H,4,12H2,1-3H3,(H,27,30)(H,26,28,29). The van der Waals surface area contributed by atoms with E-state index in [0.29, 0.717) is 28.5 Å². The number of nitrogens with zero attached hydrogens (tertiary/aromatic N) is 3. The molecule has 172 valence electrons. The van der Waals surface area contributed by atoms with Crippen LogP contribution in [0.3, 0.4) is 0 Å². The summed E-state index contributed by atoms with van der Waals surface area (Å²) in [6.07, 6.45) is 0. The summed E-state index contributed by atoms with van der Waals surface area (Å²) in [4.78, 5) is 32.8. The molecule has 10 nitrogen and oxygen atoms in total. The summed E-state index contributed by atoms with van der Waals surface area (Å²) in [6, 6.07) is 12.1. The SMILES string of the molecule is CCOC(=O)c1cc(C)cc(OC2=C3NC(=O)CN=C3NC(Oc3cc(C#N)ccc3C)=N2)c1. The zero-order valence-corrected chi connectivity index (χ0v) is 18.8. The molecule has 0 spiro atoms. The van der Waals surface area contributed by atoms with Gasteiger partial charge in [0.25, 0.3) is 5.88 Å². The molecule has 0 aromatic heterocycles. The Bertz CT molecular complexity index is 1320.